The molecule has 0 bridgehead atoms. The molecular weight excluding hydrogens is 292 g/mol. The number of carbonyl (C=O) groups is 1. The zero-order valence-electron chi connectivity index (χ0n) is 13.9. The molecule has 0 aromatic heterocycles. The minimum atomic E-state index is -0.295. The lowest BCUT2D eigenvalue weighted by Gasteiger charge is -2.39. The third-order valence-corrected chi connectivity index (χ3v) is 4.83. The molecule has 0 saturated carbocycles. The molecule has 126 valence electrons. The summed E-state index contributed by atoms with van der Waals surface area (Å²) in [6.07, 6.45) is 2.50. The van der Waals surface area contributed by atoms with Crippen LogP contribution in [0.15, 0.2) is 24.3 Å². The lowest BCUT2D eigenvalue weighted by molar-refractivity contribution is 0.0654. The largest absolute Gasteiger partial charge is 0.487 e. The molecule has 1 unspecified atom stereocenters. The normalized spacial score (nSPS) is 23.8. The van der Waals surface area contributed by atoms with E-state index in [1.54, 1.807) is 0 Å². The fourth-order valence-corrected chi connectivity index (χ4v) is 3.49. The molecule has 2 aliphatic heterocycles. The number of aliphatic hydroxyl groups excluding tert-OH is 1. The molecule has 2 heterocycles. The molecule has 23 heavy (non-hydrogen) atoms. The van der Waals surface area contributed by atoms with Gasteiger partial charge in [-0.2, -0.15) is 0 Å². The number of amides is 2. The van der Waals surface area contributed by atoms with Gasteiger partial charge in [0.1, 0.15) is 11.4 Å². The highest BCUT2D eigenvalue weighted by molar-refractivity contribution is 5.75. The number of ether oxygens (including phenoxy) is 1. The van der Waals surface area contributed by atoms with Gasteiger partial charge >= 0.3 is 6.03 Å². The van der Waals surface area contributed by atoms with E-state index in [1.165, 1.54) is 0 Å². The Kier molecular flexibility index (Phi) is 4.48. The number of piperidine rings is 1. The quantitative estimate of drug-likeness (QED) is 0.881. The van der Waals surface area contributed by atoms with Crippen LogP contribution in [-0.2, 0) is 0 Å². The van der Waals surface area contributed by atoms with Crippen LogP contribution in [0.3, 0.4) is 0 Å². The van der Waals surface area contributed by atoms with Gasteiger partial charge in [0, 0.05) is 31.7 Å². The molecule has 0 spiro atoms. The number of nitrogens with zero attached hydrogens (tertiary/aromatic N) is 1. The zero-order chi connectivity index (χ0) is 16.4. The first-order valence-electron chi connectivity index (χ1n) is 8.43. The van der Waals surface area contributed by atoms with Gasteiger partial charge in [0.05, 0.1) is 6.04 Å². The minimum Gasteiger partial charge on any atom is -0.487 e. The molecule has 1 atom stereocenters. The summed E-state index contributed by atoms with van der Waals surface area (Å²) in [7, 11) is 0. The van der Waals surface area contributed by atoms with Crippen molar-refractivity contribution in [1.82, 2.24) is 10.2 Å². The molecule has 0 radical (unpaired) electrons. The van der Waals surface area contributed by atoms with Gasteiger partial charge in [-0.15, -0.1) is 0 Å². The van der Waals surface area contributed by atoms with Gasteiger partial charge in [-0.05, 0) is 38.7 Å². The fourth-order valence-electron chi connectivity index (χ4n) is 3.49. The van der Waals surface area contributed by atoms with E-state index in [2.05, 4.69) is 19.2 Å². The maximum Gasteiger partial charge on any atom is 0.317 e. The number of rotatable bonds is 2. The van der Waals surface area contributed by atoms with Gasteiger partial charge in [-0.3, -0.25) is 0 Å². The Morgan fingerprint density at radius 1 is 1.35 bits per heavy atom. The third kappa shape index (κ3) is 3.61. The topological polar surface area (TPSA) is 61.8 Å². The average Bonchev–Trinajstić information content (AvgIpc) is 2.54. The van der Waals surface area contributed by atoms with E-state index < -0.39 is 0 Å². The van der Waals surface area contributed by atoms with Crippen LogP contribution in [0.1, 0.15) is 44.7 Å². The van der Waals surface area contributed by atoms with Gasteiger partial charge in [0.25, 0.3) is 0 Å². The summed E-state index contributed by atoms with van der Waals surface area (Å²) in [6, 6.07) is 7.87. The van der Waals surface area contributed by atoms with E-state index in [0.29, 0.717) is 19.0 Å². The molecule has 5 heteroatoms. The Balaban J connectivity index is 1.69. The van der Waals surface area contributed by atoms with Crippen molar-refractivity contribution in [2.24, 2.45) is 5.92 Å². The molecule has 1 fully saturated rings. The molecule has 1 aromatic carbocycles. The Morgan fingerprint density at radius 2 is 2.04 bits per heavy atom. The first-order chi connectivity index (χ1) is 11.0. The van der Waals surface area contributed by atoms with Crippen molar-refractivity contribution < 1.29 is 14.6 Å². The van der Waals surface area contributed by atoms with Gasteiger partial charge in [-0.1, -0.05) is 18.2 Å². The van der Waals surface area contributed by atoms with E-state index in [1.807, 2.05) is 29.2 Å². The first-order valence-corrected chi connectivity index (χ1v) is 8.43. The number of nitrogens with one attached hydrogen (secondary N) is 1. The molecule has 2 N–H and O–H groups in total. The number of hydrogen-bond donors (Lipinski definition) is 2. The number of urea groups is 1. The van der Waals surface area contributed by atoms with Crippen molar-refractivity contribution in [1.29, 1.82) is 0 Å². The summed E-state index contributed by atoms with van der Waals surface area (Å²) in [5.74, 6) is 1.19. The molecule has 3 rings (SSSR count). The van der Waals surface area contributed by atoms with E-state index in [9.17, 15) is 9.90 Å². The number of aliphatic hydroxyl groups is 1. The number of para-hydroxylation sites is 1. The van der Waals surface area contributed by atoms with Crippen molar-refractivity contribution in [2.75, 3.05) is 19.7 Å². The molecular formula is C18H26N2O3. The number of benzene rings is 1. The van der Waals surface area contributed by atoms with E-state index >= 15 is 0 Å². The Bertz CT molecular complexity index is 565. The summed E-state index contributed by atoms with van der Waals surface area (Å²) in [4.78, 5) is 14.5. The number of likely N-dealkylation sites (tertiary alicyclic amines) is 1. The van der Waals surface area contributed by atoms with Crippen LogP contribution in [0.2, 0.25) is 0 Å². The Morgan fingerprint density at radius 3 is 2.74 bits per heavy atom. The minimum absolute atomic E-state index is 0.0149. The molecule has 5 nitrogen and oxygen atoms in total. The SMILES string of the molecule is CC1(C)CC(NC(=O)N2CCC(CO)CC2)c2ccccc2O1. The van der Waals surface area contributed by atoms with Crippen LogP contribution in [0.25, 0.3) is 0 Å². The van der Waals surface area contributed by atoms with Crippen molar-refractivity contribution in [3.8, 4) is 5.75 Å². The maximum atomic E-state index is 12.6. The molecule has 1 saturated heterocycles. The number of hydrogen-bond acceptors (Lipinski definition) is 3. The molecule has 1 aromatic rings. The predicted octanol–water partition coefficient (Wildman–Crippen LogP) is 2.70. The van der Waals surface area contributed by atoms with E-state index in [0.717, 1.165) is 30.6 Å². The van der Waals surface area contributed by atoms with Crippen LogP contribution in [0, 0.1) is 5.92 Å². The second-order valence-electron chi connectivity index (χ2n) is 7.22. The summed E-state index contributed by atoms with van der Waals surface area (Å²) in [6.45, 7) is 5.75. The molecule has 0 aliphatic carbocycles. The van der Waals surface area contributed by atoms with Crippen molar-refractivity contribution in [2.45, 2.75) is 44.8 Å². The van der Waals surface area contributed by atoms with Crippen molar-refractivity contribution >= 4 is 6.03 Å². The summed E-state index contributed by atoms with van der Waals surface area (Å²) in [5.41, 5.74) is 0.751. The average molecular weight is 318 g/mol. The van der Waals surface area contributed by atoms with E-state index in [-0.39, 0.29) is 24.3 Å². The van der Waals surface area contributed by atoms with Gasteiger partial charge < -0.3 is 20.1 Å². The highest BCUT2D eigenvalue weighted by Gasteiger charge is 2.35. The van der Waals surface area contributed by atoms with E-state index in [4.69, 9.17) is 4.74 Å². The summed E-state index contributed by atoms with van der Waals surface area (Å²) in [5, 5.41) is 12.4. The van der Waals surface area contributed by atoms with Crippen molar-refractivity contribution in [3.05, 3.63) is 29.8 Å². The smallest absolute Gasteiger partial charge is 0.317 e. The summed E-state index contributed by atoms with van der Waals surface area (Å²) >= 11 is 0. The van der Waals surface area contributed by atoms with Crippen LogP contribution in [-0.4, -0.2) is 41.3 Å². The predicted molar refractivity (Wildman–Crippen MR) is 88.4 cm³/mol. The van der Waals surface area contributed by atoms with Crippen LogP contribution >= 0.6 is 0 Å². The maximum absolute atomic E-state index is 12.6. The van der Waals surface area contributed by atoms with Crippen LogP contribution in [0.5, 0.6) is 5.75 Å². The first kappa shape index (κ1) is 16.1. The van der Waals surface area contributed by atoms with Gasteiger partial charge in [-0.25, -0.2) is 4.79 Å². The van der Waals surface area contributed by atoms with Crippen LogP contribution in [0.4, 0.5) is 4.79 Å². The summed E-state index contributed by atoms with van der Waals surface area (Å²) < 4.78 is 6.01. The second-order valence-corrected chi connectivity index (χ2v) is 7.22. The second kappa shape index (κ2) is 6.40. The standard InChI is InChI=1S/C18H26N2O3/c1-18(2)11-15(14-5-3-4-6-16(14)23-18)19-17(22)20-9-7-13(12-21)8-10-20/h3-6,13,15,21H,7-12H2,1-2H3,(H,19,22). The number of fused-ring (bicyclic) bond motifs is 1. The molecule has 2 amide bonds. The monoisotopic (exact) mass is 318 g/mol. The number of carbonyl (C=O) groups excluding carboxylic acids is 1. The highest BCUT2D eigenvalue weighted by atomic mass is 16.5. The Labute approximate surface area is 137 Å². The van der Waals surface area contributed by atoms with Gasteiger partial charge in [0.15, 0.2) is 0 Å². The van der Waals surface area contributed by atoms with Crippen LogP contribution < -0.4 is 10.1 Å². The third-order valence-electron chi connectivity index (χ3n) is 4.83. The lowest BCUT2D eigenvalue weighted by atomic mass is 9.90. The zero-order valence-corrected chi connectivity index (χ0v) is 13.9. The highest BCUT2D eigenvalue weighted by Crippen LogP contribution is 2.39. The molecule has 2 aliphatic rings. The Hall–Kier alpha value is -1.75. The van der Waals surface area contributed by atoms with Gasteiger partial charge in [0.2, 0.25) is 0 Å². The van der Waals surface area contributed by atoms with Crippen molar-refractivity contribution in [3.63, 3.8) is 0 Å². The lowest BCUT2D eigenvalue weighted by Crippen LogP contribution is -2.48. The fraction of sp³-hybridized carbons (Fsp3) is 0.611.